The van der Waals surface area contributed by atoms with Crippen LogP contribution in [0, 0.1) is 0 Å². The fourth-order valence-electron chi connectivity index (χ4n) is 2.71. The number of carbonyl (C=O) groups is 1. The first-order valence-corrected chi connectivity index (χ1v) is 7.72. The molecule has 0 radical (unpaired) electrons. The number of benzene rings is 1. The highest BCUT2D eigenvalue weighted by Crippen LogP contribution is 2.22. The molecule has 3 heterocycles. The molecule has 1 amide bonds. The Hall–Kier alpha value is -3.55. The fraction of sp³-hybridized carbons (Fsp3) is 0.118. The van der Waals surface area contributed by atoms with Gasteiger partial charge in [0.05, 0.1) is 23.3 Å². The summed E-state index contributed by atoms with van der Waals surface area (Å²) in [4.78, 5) is 29.3. The first-order chi connectivity index (χ1) is 12.1. The number of rotatable bonds is 3. The normalized spacial score (nSPS) is 12.4. The van der Waals surface area contributed by atoms with E-state index in [1.807, 2.05) is 6.92 Å². The van der Waals surface area contributed by atoms with Gasteiger partial charge in [-0.3, -0.25) is 9.20 Å². The summed E-state index contributed by atoms with van der Waals surface area (Å²) in [7, 11) is 0. The highest BCUT2D eigenvalue weighted by Gasteiger charge is 2.15. The number of nitrogens with two attached hydrogens (primary N) is 1. The number of amides is 1. The van der Waals surface area contributed by atoms with E-state index in [0.717, 1.165) is 10.9 Å². The molecule has 1 atom stereocenters. The minimum Gasteiger partial charge on any atom is -0.369 e. The second kappa shape index (κ2) is 5.82. The van der Waals surface area contributed by atoms with Crippen molar-refractivity contribution in [3.8, 4) is 0 Å². The molecule has 0 aliphatic heterocycles. The van der Waals surface area contributed by atoms with Crippen molar-refractivity contribution in [1.29, 1.82) is 0 Å². The predicted octanol–water partition coefficient (Wildman–Crippen LogP) is 1.75. The molecule has 0 unspecified atom stereocenters. The Kier molecular flexibility index (Phi) is 3.50. The number of hydrogen-bond donors (Lipinski definition) is 2. The van der Waals surface area contributed by atoms with E-state index in [1.54, 1.807) is 53.6 Å². The van der Waals surface area contributed by atoms with Crippen molar-refractivity contribution in [3.63, 3.8) is 0 Å². The van der Waals surface area contributed by atoms with Gasteiger partial charge in [0.25, 0.3) is 5.91 Å². The Bertz CT molecular complexity index is 1070. The van der Waals surface area contributed by atoms with Crippen LogP contribution in [0.4, 0.5) is 5.95 Å². The summed E-state index contributed by atoms with van der Waals surface area (Å²) in [5.74, 6) is 0.702. The Morgan fingerprint density at radius 3 is 2.88 bits per heavy atom. The van der Waals surface area contributed by atoms with Gasteiger partial charge in [0.15, 0.2) is 0 Å². The fourth-order valence-corrected chi connectivity index (χ4v) is 2.71. The van der Waals surface area contributed by atoms with Crippen LogP contribution >= 0.6 is 0 Å². The quantitative estimate of drug-likeness (QED) is 0.591. The molecule has 3 N–H and O–H groups in total. The van der Waals surface area contributed by atoms with Crippen LogP contribution in [0.1, 0.15) is 29.1 Å². The lowest BCUT2D eigenvalue weighted by Crippen LogP contribution is -2.27. The SMILES string of the molecule is C[C@@H](NC(=O)c1ccc2nc(N)n3cncc3c2c1)c1ncccn1. The van der Waals surface area contributed by atoms with E-state index in [-0.39, 0.29) is 11.9 Å². The number of nitrogens with zero attached hydrogens (tertiary/aromatic N) is 5. The first kappa shape index (κ1) is 15.0. The average molecular weight is 333 g/mol. The smallest absolute Gasteiger partial charge is 0.251 e. The number of fused-ring (bicyclic) bond motifs is 3. The van der Waals surface area contributed by atoms with Gasteiger partial charge in [-0.2, -0.15) is 0 Å². The molecule has 0 fully saturated rings. The van der Waals surface area contributed by atoms with Crippen molar-refractivity contribution in [2.75, 3.05) is 5.73 Å². The third-order valence-corrected chi connectivity index (χ3v) is 3.98. The molecule has 0 spiro atoms. The van der Waals surface area contributed by atoms with E-state index >= 15 is 0 Å². The van der Waals surface area contributed by atoms with Crippen LogP contribution in [0.15, 0.2) is 49.2 Å². The van der Waals surface area contributed by atoms with Crippen molar-refractivity contribution in [2.24, 2.45) is 0 Å². The van der Waals surface area contributed by atoms with Gasteiger partial charge in [-0.25, -0.2) is 19.9 Å². The van der Waals surface area contributed by atoms with Crippen molar-refractivity contribution in [2.45, 2.75) is 13.0 Å². The van der Waals surface area contributed by atoms with Crippen LogP contribution in [-0.2, 0) is 0 Å². The molecule has 0 aliphatic rings. The Morgan fingerprint density at radius 1 is 1.28 bits per heavy atom. The molecule has 4 rings (SSSR count). The predicted molar refractivity (Wildman–Crippen MR) is 92.8 cm³/mol. The Morgan fingerprint density at radius 2 is 2.08 bits per heavy atom. The second-order valence-electron chi connectivity index (χ2n) is 5.65. The summed E-state index contributed by atoms with van der Waals surface area (Å²) in [6.07, 6.45) is 6.59. The zero-order chi connectivity index (χ0) is 17.4. The summed E-state index contributed by atoms with van der Waals surface area (Å²) in [6, 6.07) is 6.71. The van der Waals surface area contributed by atoms with E-state index in [0.29, 0.717) is 22.9 Å². The van der Waals surface area contributed by atoms with E-state index in [4.69, 9.17) is 5.73 Å². The van der Waals surface area contributed by atoms with Crippen LogP contribution in [0.5, 0.6) is 0 Å². The van der Waals surface area contributed by atoms with Crippen LogP contribution in [0.3, 0.4) is 0 Å². The lowest BCUT2D eigenvalue weighted by molar-refractivity contribution is 0.0938. The lowest BCUT2D eigenvalue weighted by Gasteiger charge is -2.13. The number of nitrogens with one attached hydrogen (secondary N) is 1. The van der Waals surface area contributed by atoms with Crippen LogP contribution < -0.4 is 11.1 Å². The number of hydrogen-bond acceptors (Lipinski definition) is 6. The first-order valence-electron chi connectivity index (χ1n) is 7.72. The highest BCUT2D eigenvalue weighted by molar-refractivity contribution is 6.02. The van der Waals surface area contributed by atoms with Crippen LogP contribution in [-0.4, -0.2) is 30.2 Å². The average Bonchev–Trinajstić information content (AvgIpc) is 3.13. The van der Waals surface area contributed by atoms with E-state index < -0.39 is 0 Å². The summed E-state index contributed by atoms with van der Waals surface area (Å²) in [6.45, 7) is 1.84. The molecule has 0 saturated carbocycles. The maximum Gasteiger partial charge on any atom is 0.251 e. The molecule has 0 bridgehead atoms. The molecule has 0 aliphatic carbocycles. The van der Waals surface area contributed by atoms with Gasteiger partial charge in [0, 0.05) is 23.3 Å². The number of carbonyl (C=O) groups excluding carboxylic acids is 1. The highest BCUT2D eigenvalue weighted by atomic mass is 16.1. The van der Waals surface area contributed by atoms with Crippen molar-refractivity contribution >= 4 is 28.3 Å². The topological polar surface area (TPSA) is 111 Å². The number of anilines is 1. The minimum absolute atomic E-state index is 0.212. The van der Waals surface area contributed by atoms with E-state index in [1.165, 1.54) is 0 Å². The summed E-state index contributed by atoms with van der Waals surface area (Å²) >= 11 is 0. The maximum atomic E-state index is 12.6. The molecule has 8 nitrogen and oxygen atoms in total. The zero-order valence-electron chi connectivity index (χ0n) is 13.4. The summed E-state index contributed by atoms with van der Waals surface area (Å²) in [5, 5.41) is 3.71. The van der Waals surface area contributed by atoms with E-state index in [2.05, 4.69) is 25.3 Å². The van der Waals surface area contributed by atoms with Gasteiger partial charge in [-0.1, -0.05) is 0 Å². The molecule has 25 heavy (non-hydrogen) atoms. The molecular weight excluding hydrogens is 318 g/mol. The van der Waals surface area contributed by atoms with Gasteiger partial charge < -0.3 is 11.1 Å². The third-order valence-electron chi connectivity index (χ3n) is 3.98. The van der Waals surface area contributed by atoms with Gasteiger partial charge in [-0.15, -0.1) is 0 Å². The van der Waals surface area contributed by atoms with Gasteiger partial charge in [0.2, 0.25) is 5.95 Å². The van der Waals surface area contributed by atoms with Gasteiger partial charge in [0.1, 0.15) is 12.2 Å². The number of nitrogen functional groups attached to an aromatic ring is 1. The second-order valence-corrected chi connectivity index (χ2v) is 5.65. The lowest BCUT2D eigenvalue weighted by atomic mass is 10.1. The standard InChI is InChI=1S/C17H15N7O/c1-10(15-20-5-2-6-21-15)22-16(25)11-3-4-13-12(7-11)14-8-19-9-24(14)17(18)23-13/h2-10H,1H3,(H2,18,23)(H,22,25)/t10-/m1/s1. The monoisotopic (exact) mass is 333 g/mol. The van der Waals surface area contributed by atoms with Crippen molar-refractivity contribution < 1.29 is 4.79 Å². The summed E-state index contributed by atoms with van der Waals surface area (Å²) < 4.78 is 1.68. The Balaban J connectivity index is 1.69. The molecule has 3 aromatic heterocycles. The van der Waals surface area contributed by atoms with Crippen LogP contribution in [0.2, 0.25) is 0 Å². The van der Waals surface area contributed by atoms with Crippen molar-refractivity contribution in [1.82, 2.24) is 29.7 Å². The molecular formula is C17H15N7O. The largest absolute Gasteiger partial charge is 0.369 e. The molecule has 8 heteroatoms. The molecule has 4 aromatic rings. The van der Waals surface area contributed by atoms with E-state index in [9.17, 15) is 4.79 Å². The van der Waals surface area contributed by atoms with Gasteiger partial charge >= 0.3 is 0 Å². The maximum absolute atomic E-state index is 12.6. The van der Waals surface area contributed by atoms with Crippen LogP contribution in [0.25, 0.3) is 16.4 Å². The van der Waals surface area contributed by atoms with Gasteiger partial charge in [-0.05, 0) is 31.2 Å². The number of aromatic nitrogens is 5. The molecule has 1 aromatic carbocycles. The summed E-state index contributed by atoms with van der Waals surface area (Å²) in [5.41, 5.74) is 7.94. The number of imidazole rings is 1. The Labute approximate surface area is 142 Å². The molecule has 124 valence electrons. The molecule has 0 saturated heterocycles. The zero-order valence-corrected chi connectivity index (χ0v) is 13.4. The third kappa shape index (κ3) is 2.63. The minimum atomic E-state index is -0.302. The van der Waals surface area contributed by atoms with Crippen molar-refractivity contribution in [3.05, 3.63) is 60.6 Å².